The van der Waals surface area contributed by atoms with Crippen molar-refractivity contribution < 1.29 is 24.5 Å². The number of hydrogen-bond donors (Lipinski definition) is 3. The summed E-state index contributed by atoms with van der Waals surface area (Å²) in [4.78, 5) is 24.6. The number of esters is 1. The lowest BCUT2D eigenvalue weighted by molar-refractivity contribution is -0.143. The molecule has 0 bridgehead atoms. The van der Waals surface area contributed by atoms with E-state index >= 15 is 0 Å². The Balaban J connectivity index is 3.36. The highest BCUT2D eigenvalue weighted by Gasteiger charge is 2.20. The van der Waals surface area contributed by atoms with Crippen molar-refractivity contribution in [2.24, 2.45) is 0 Å². The van der Waals surface area contributed by atoms with E-state index in [2.05, 4.69) is 43.5 Å². The molecule has 0 aromatic rings. The molecular formula is C70H135NO5. The number of hydrogen-bond acceptors (Lipinski definition) is 5. The molecule has 0 aromatic heterocycles. The fourth-order valence-electron chi connectivity index (χ4n) is 11.0. The van der Waals surface area contributed by atoms with Gasteiger partial charge in [-0.1, -0.05) is 340 Å². The van der Waals surface area contributed by atoms with Gasteiger partial charge in [-0.15, -0.1) is 0 Å². The third-order valence-electron chi connectivity index (χ3n) is 16.3. The van der Waals surface area contributed by atoms with E-state index in [0.717, 1.165) is 51.4 Å². The maximum atomic E-state index is 12.5. The Morgan fingerprint density at radius 2 is 0.658 bits per heavy atom. The van der Waals surface area contributed by atoms with E-state index in [-0.39, 0.29) is 18.5 Å². The van der Waals surface area contributed by atoms with Crippen LogP contribution in [0.3, 0.4) is 0 Å². The molecule has 6 heteroatoms. The van der Waals surface area contributed by atoms with Gasteiger partial charge in [0.2, 0.25) is 5.91 Å². The lowest BCUT2D eigenvalue weighted by Gasteiger charge is -2.22. The van der Waals surface area contributed by atoms with Crippen LogP contribution in [0.2, 0.25) is 0 Å². The minimum Gasteiger partial charge on any atom is -0.466 e. The summed E-state index contributed by atoms with van der Waals surface area (Å²) < 4.78 is 5.49. The molecule has 0 rings (SSSR count). The number of rotatable bonds is 65. The van der Waals surface area contributed by atoms with Gasteiger partial charge in [0.25, 0.3) is 0 Å². The molecule has 0 radical (unpaired) electrons. The van der Waals surface area contributed by atoms with Crippen molar-refractivity contribution in [3.05, 3.63) is 24.3 Å². The molecule has 3 N–H and O–H groups in total. The Bertz CT molecular complexity index is 1190. The summed E-state index contributed by atoms with van der Waals surface area (Å²) in [6.07, 6.45) is 82.1. The number of unbranched alkanes of at least 4 members (excludes halogenated alkanes) is 50. The molecule has 0 saturated carbocycles. The molecule has 2 atom stereocenters. The Morgan fingerprint density at radius 3 is 1.01 bits per heavy atom. The summed E-state index contributed by atoms with van der Waals surface area (Å²) >= 11 is 0. The Morgan fingerprint density at radius 1 is 0.368 bits per heavy atom. The van der Waals surface area contributed by atoms with E-state index in [4.69, 9.17) is 4.74 Å². The van der Waals surface area contributed by atoms with E-state index in [1.165, 1.54) is 302 Å². The number of aliphatic hydroxyl groups is 2. The van der Waals surface area contributed by atoms with Crippen molar-refractivity contribution in [2.45, 2.75) is 398 Å². The molecule has 1 amide bonds. The standard InChI is InChI=1S/C70H135NO5/c1-3-5-7-9-11-13-15-17-19-21-31-34-38-42-46-50-54-58-62-68(73)67(66-72)71-69(74)63-59-55-51-47-43-39-35-32-29-27-25-23-22-24-26-28-30-33-37-41-45-49-53-57-61-65-76-70(75)64-60-56-52-48-44-40-36-20-18-16-14-12-10-8-6-4-2/h14,16,20,36,67-68,72-73H,3-13,15,17-19,21-35,37-66H2,1-2H3,(H,71,74)/b16-14-,36-20-. The lowest BCUT2D eigenvalue weighted by atomic mass is 10.0. The molecule has 0 aliphatic rings. The second kappa shape index (κ2) is 65.9. The van der Waals surface area contributed by atoms with E-state index in [9.17, 15) is 19.8 Å². The van der Waals surface area contributed by atoms with Crippen molar-refractivity contribution in [3.8, 4) is 0 Å². The zero-order valence-corrected chi connectivity index (χ0v) is 51.5. The molecule has 0 saturated heterocycles. The van der Waals surface area contributed by atoms with Crippen LogP contribution in [0.15, 0.2) is 24.3 Å². The number of carbonyl (C=O) groups excluding carboxylic acids is 2. The molecule has 0 heterocycles. The van der Waals surface area contributed by atoms with E-state index in [1.807, 2.05) is 0 Å². The van der Waals surface area contributed by atoms with Crippen LogP contribution in [0.5, 0.6) is 0 Å². The smallest absolute Gasteiger partial charge is 0.305 e. The van der Waals surface area contributed by atoms with Gasteiger partial charge in [-0.05, 0) is 57.8 Å². The fraction of sp³-hybridized carbons (Fsp3) is 0.914. The minimum atomic E-state index is -0.663. The van der Waals surface area contributed by atoms with Gasteiger partial charge < -0.3 is 20.3 Å². The summed E-state index contributed by atoms with van der Waals surface area (Å²) in [7, 11) is 0. The van der Waals surface area contributed by atoms with Crippen LogP contribution in [0.1, 0.15) is 386 Å². The van der Waals surface area contributed by atoms with E-state index in [0.29, 0.717) is 25.9 Å². The first-order valence-electron chi connectivity index (χ1n) is 34.6. The van der Waals surface area contributed by atoms with Crippen molar-refractivity contribution in [2.75, 3.05) is 13.2 Å². The van der Waals surface area contributed by atoms with Gasteiger partial charge in [0.1, 0.15) is 0 Å². The van der Waals surface area contributed by atoms with Crippen LogP contribution in [-0.4, -0.2) is 47.4 Å². The molecule has 0 fully saturated rings. The Labute approximate surface area is 475 Å². The predicted molar refractivity (Wildman–Crippen MR) is 333 cm³/mol. The molecule has 0 aromatic carbocycles. The van der Waals surface area contributed by atoms with Gasteiger partial charge in [-0.2, -0.15) is 0 Å². The maximum Gasteiger partial charge on any atom is 0.305 e. The summed E-state index contributed by atoms with van der Waals surface area (Å²) in [6.45, 7) is 4.96. The van der Waals surface area contributed by atoms with Crippen LogP contribution in [0.25, 0.3) is 0 Å². The number of ether oxygens (including phenoxy) is 1. The number of carbonyl (C=O) groups is 2. The number of amides is 1. The van der Waals surface area contributed by atoms with Gasteiger partial charge >= 0.3 is 5.97 Å². The summed E-state index contributed by atoms with van der Waals surface area (Å²) in [5.41, 5.74) is 0. The minimum absolute atomic E-state index is 0.00368. The molecule has 76 heavy (non-hydrogen) atoms. The van der Waals surface area contributed by atoms with Crippen LogP contribution >= 0.6 is 0 Å². The topological polar surface area (TPSA) is 95.9 Å². The van der Waals surface area contributed by atoms with Crippen LogP contribution in [0.4, 0.5) is 0 Å². The van der Waals surface area contributed by atoms with Gasteiger partial charge in [-0.25, -0.2) is 0 Å². The Kier molecular flexibility index (Phi) is 64.4. The molecule has 6 nitrogen and oxygen atoms in total. The van der Waals surface area contributed by atoms with E-state index in [1.54, 1.807) is 0 Å². The second-order valence-corrected chi connectivity index (χ2v) is 23.9. The molecular weight excluding hydrogens is 935 g/mol. The highest BCUT2D eigenvalue weighted by atomic mass is 16.5. The van der Waals surface area contributed by atoms with Crippen LogP contribution in [0, 0.1) is 0 Å². The number of allylic oxidation sites excluding steroid dienone is 4. The average molecular weight is 1070 g/mol. The largest absolute Gasteiger partial charge is 0.466 e. The monoisotopic (exact) mass is 1070 g/mol. The molecule has 0 aliphatic heterocycles. The SMILES string of the molecule is CCCCCC/C=C\C/C=C\CCCCCCCC(=O)OCCCCCCCCCCCCCCCCCCCCCCCCCCCC(=O)NC(CO)C(O)CCCCCCCCCCCCCCCCCCCC. The van der Waals surface area contributed by atoms with Crippen molar-refractivity contribution in [1.29, 1.82) is 0 Å². The third kappa shape index (κ3) is 61.6. The zero-order valence-electron chi connectivity index (χ0n) is 51.5. The van der Waals surface area contributed by atoms with Crippen molar-refractivity contribution >= 4 is 11.9 Å². The van der Waals surface area contributed by atoms with Crippen molar-refractivity contribution in [1.82, 2.24) is 5.32 Å². The van der Waals surface area contributed by atoms with Gasteiger partial charge in [-0.3, -0.25) is 9.59 Å². The second-order valence-electron chi connectivity index (χ2n) is 23.9. The first kappa shape index (κ1) is 74.3. The first-order valence-corrected chi connectivity index (χ1v) is 34.6. The quantitative estimate of drug-likeness (QED) is 0.0320. The molecule has 0 aliphatic carbocycles. The van der Waals surface area contributed by atoms with Gasteiger partial charge in [0, 0.05) is 12.8 Å². The molecule has 0 spiro atoms. The highest BCUT2D eigenvalue weighted by molar-refractivity contribution is 5.76. The number of aliphatic hydroxyl groups excluding tert-OH is 2. The van der Waals surface area contributed by atoms with E-state index < -0.39 is 12.1 Å². The maximum absolute atomic E-state index is 12.5. The number of nitrogens with one attached hydrogen (secondary N) is 1. The lowest BCUT2D eigenvalue weighted by Crippen LogP contribution is -2.45. The molecule has 2 unspecified atom stereocenters. The van der Waals surface area contributed by atoms with Crippen LogP contribution < -0.4 is 5.32 Å². The molecule has 450 valence electrons. The Hall–Kier alpha value is -1.66. The van der Waals surface area contributed by atoms with Gasteiger partial charge in [0.15, 0.2) is 0 Å². The normalized spacial score (nSPS) is 12.6. The van der Waals surface area contributed by atoms with Crippen LogP contribution in [-0.2, 0) is 14.3 Å². The highest BCUT2D eigenvalue weighted by Crippen LogP contribution is 2.19. The predicted octanol–water partition coefficient (Wildman–Crippen LogP) is 22.1. The summed E-state index contributed by atoms with van der Waals surface area (Å²) in [5.74, 6) is -0.0260. The first-order chi connectivity index (χ1) is 37.5. The average Bonchev–Trinajstić information content (AvgIpc) is 3.42. The fourth-order valence-corrected chi connectivity index (χ4v) is 11.0. The zero-order chi connectivity index (χ0) is 55.0. The van der Waals surface area contributed by atoms with Gasteiger partial charge in [0.05, 0.1) is 25.4 Å². The summed E-state index contributed by atoms with van der Waals surface area (Å²) in [5, 5.41) is 23.4. The summed E-state index contributed by atoms with van der Waals surface area (Å²) in [6, 6.07) is -0.540. The third-order valence-corrected chi connectivity index (χ3v) is 16.3. The van der Waals surface area contributed by atoms with Crippen molar-refractivity contribution in [3.63, 3.8) is 0 Å².